The third-order valence-corrected chi connectivity index (χ3v) is 5.41. The Labute approximate surface area is 184 Å². The van der Waals surface area contributed by atoms with Gasteiger partial charge in [0.25, 0.3) is 0 Å². The summed E-state index contributed by atoms with van der Waals surface area (Å²) in [6, 6.07) is 16.8. The van der Waals surface area contributed by atoms with Gasteiger partial charge in [-0.2, -0.15) is 0 Å². The summed E-state index contributed by atoms with van der Waals surface area (Å²) in [6.07, 6.45) is 3.22. The lowest BCUT2D eigenvalue weighted by Crippen LogP contribution is -2.36. The van der Waals surface area contributed by atoms with Crippen LogP contribution in [0.4, 0.5) is 17.2 Å². The fraction of sp³-hybridized carbons (Fsp3) is 0.167. The molecule has 0 spiro atoms. The molecule has 3 heterocycles. The van der Waals surface area contributed by atoms with Gasteiger partial charge >= 0.3 is 5.97 Å². The molecule has 8 heteroatoms. The maximum Gasteiger partial charge on any atom is 0.337 e. The molecule has 0 radical (unpaired) electrons. The van der Waals surface area contributed by atoms with Crippen molar-refractivity contribution >= 4 is 34.2 Å². The predicted octanol–water partition coefficient (Wildman–Crippen LogP) is 3.97. The van der Waals surface area contributed by atoms with Crippen molar-refractivity contribution in [2.45, 2.75) is 0 Å². The van der Waals surface area contributed by atoms with E-state index < -0.39 is 5.97 Å². The first-order valence-corrected chi connectivity index (χ1v) is 10.3. The number of aromatic carboxylic acids is 1. The number of fused-ring (bicyclic) bond motifs is 1. The van der Waals surface area contributed by atoms with E-state index >= 15 is 0 Å². The number of hydrogen-bond acceptors (Lipinski definition) is 7. The quantitative estimate of drug-likeness (QED) is 0.493. The van der Waals surface area contributed by atoms with E-state index in [1.165, 1.54) is 0 Å². The smallest absolute Gasteiger partial charge is 0.337 e. The lowest BCUT2D eigenvalue weighted by atomic mass is 10.1. The third-order valence-electron chi connectivity index (χ3n) is 5.41. The number of benzene rings is 2. The molecule has 0 atom stereocenters. The Hall–Kier alpha value is -4.04. The molecule has 2 aromatic heterocycles. The van der Waals surface area contributed by atoms with Crippen LogP contribution in [0.5, 0.6) is 0 Å². The van der Waals surface area contributed by atoms with Crippen molar-refractivity contribution < 1.29 is 14.6 Å². The van der Waals surface area contributed by atoms with E-state index in [4.69, 9.17) is 9.72 Å². The van der Waals surface area contributed by atoms with Crippen LogP contribution in [0.2, 0.25) is 0 Å². The van der Waals surface area contributed by atoms with Crippen LogP contribution < -0.4 is 10.2 Å². The lowest BCUT2D eigenvalue weighted by Gasteiger charge is -2.28. The number of para-hydroxylation sites is 1. The Kier molecular flexibility index (Phi) is 5.35. The molecule has 1 saturated heterocycles. The molecule has 0 aliphatic carbocycles. The fourth-order valence-electron chi connectivity index (χ4n) is 3.78. The largest absolute Gasteiger partial charge is 0.478 e. The molecule has 2 aromatic carbocycles. The lowest BCUT2D eigenvalue weighted by molar-refractivity contribution is 0.0698. The Bertz CT molecular complexity index is 1270. The van der Waals surface area contributed by atoms with Gasteiger partial charge in [-0.25, -0.2) is 14.8 Å². The van der Waals surface area contributed by atoms with E-state index in [1.807, 2.05) is 18.2 Å². The number of aromatic nitrogens is 3. The zero-order chi connectivity index (χ0) is 21.9. The molecule has 8 nitrogen and oxygen atoms in total. The molecular weight excluding hydrogens is 406 g/mol. The van der Waals surface area contributed by atoms with Crippen LogP contribution >= 0.6 is 0 Å². The van der Waals surface area contributed by atoms with E-state index in [-0.39, 0.29) is 5.56 Å². The number of hydrogen-bond donors (Lipinski definition) is 2. The Morgan fingerprint density at radius 2 is 1.75 bits per heavy atom. The number of carboxylic acid groups (broad SMARTS) is 1. The van der Waals surface area contributed by atoms with Gasteiger partial charge in [-0.3, -0.25) is 4.98 Å². The van der Waals surface area contributed by atoms with Crippen molar-refractivity contribution in [1.82, 2.24) is 15.0 Å². The van der Waals surface area contributed by atoms with Crippen LogP contribution in [0.1, 0.15) is 10.4 Å². The maximum atomic E-state index is 11.6. The average molecular weight is 427 g/mol. The molecule has 4 aromatic rings. The van der Waals surface area contributed by atoms with Gasteiger partial charge in [-0.1, -0.05) is 24.3 Å². The fourth-order valence-corrected chi connectivity index (χ4v) is 3.78. The first kappa shape index (κ1) is 19.9. The molecule has 160 valence electrons. The highest BCUT2D eigenvalue weighted by atomic mass is 16.5. The van der Waals surface area contributed by atoms with Crippen LogP contribution in [0.25, 0.3) is 22.3 Å². The predicted molar refractivity (Wildman–Crippen MR) is 122 cm³/mol. The molecule has 0 saturated carbocycles. The highest BCUT2D eigenvalue weighted by Gasteiger charge is 2.15. The average Bonchev–Trinajstić information content (AvgIpc) is 2.85. The third kappa shape index (κ3) is 3.95. The Morgan fingerprint density at radius 1 is 1.00 bits per heavy atom. The zero-order valence-electron chi connectivity index (χ0n) is 17.2. The molecule has 0 unspecified atom stereocenters. The second-order valence-corrected chi connectivity index (χ2v) is 7.40. The van der Waals surface area contributed by atoms with Gasteiger partial charge in [-0.15, -0.1) is 0 Å². The number of ether oxygens (including phenoxy) is 1. The van der Waals surface area contributed by atoms with Crippen molar-refractivity contribution in [2.24, 2.45) is 0 Å². The van der Waals surface area contributed by atoms with Gasteiger partial charge in [0.1, 0.15) is 5.52 Å². The highest BCUT2D eigenvalue weighted by molar-refractivity contribution is 5.97. The molecule has 1 aliphatic rings. The summed E-state index contributed by atoms with van der Waals surface area (Å²) in [6.45, 7) is 3.22. The van der Waals surface area contributed by atoms with E-state index in [2.05, 4.69) is 32.3 Å². The van der Waals surface area contributed by atoms with Crippen LogP contribution in [-0.2, 0) is 4.74 Å². The van der Waals surface area contributed by atoms with Crippen molar-refractivity contribution in [3.05, 3.63) is 72.6 Å². The van der Waals surface area contributed by atoms with Crippen molar-refractivity contribution in [3.8, 4) is 11.3 Å². The van der Waals surface area contributed by atoms with E-state index in [0.717, 1.165) is 43.2 Å². The van der Waals surface area contributed by atoms with Crippen LogP contribution in [0.15, 0.2) is 67.0 Å². The zero-order valence-corrected chi connectivity index (χ0v) is 17.2. The number of carbonyl (C=O) groups is 1. The van der Waals surface area contributed by atoms with Gasteiger partial charge < -0.3 is 20.1 Å². The SMILES string of the molecule is O=C(O)c1ccccc1Nc1nc(-c2ccc(N3CCOCC3)cc2)cc2nccnc12. The highest BCUT2D eigenvalue weighted by Crippen LogP contribution is 2.30. The van der Waals surface area contributed by atoms with Crippen LogP contribution in [0.3, 0.4) is 0 Å². The monoisotopic (exact) mass is 427 g/mol. The standard InChI is InChI=1S/C24H21N5O3/c30-24(31)18-3-1-2-4-19(18)27-23-22-21(25-9-10-26-22)15-20(28-23)16-5-7-17(8-6-16)29-11-13-32-14-12-29/h1-10,15H,11-14H2,(H,27,28)(H,30,31). The normalized spacial score (nSPS) is 13.8. The molecular formula is C24H21N5O3. The summed E-state index contributed by atoms with van der Waals surface area (Å²) >= 11 is 0. The number of nitrogens with one attached hydrogen (secondary N) is 1. The number of pyridine rings is 1. The van der Waals surface area contributed by atoms with Gasteiger partial charge in [-0.05, 0) is 30.3 Å². The van der Waals surface area contributed by atoms with Crippen molar-refractivity contribution in [2.75, 3.05) is 36.5 Å². The van der Waals surface area contributed by atoms with Gasteiger partial charge in [0.2, 0.25) is 0 Å². The Balaban J connectivity index is 1.53. The molecule has 1 fully saturated rings. The first-order chi connectivity index (χ1) is 15.7. The Morgan fingerprint density at radius 3 is 2.53 bits per heavy atom. The molecule has 32 heavy (non-hydrogen) atoms. The molecule has 2 N–H and O–H groups in total. The van der Waals surface area contributed by atoms with Gasteiger partial charge in [0.15, 0.2) is 5.82 Å². The molecule has 0 amide bonds. The molecule has 1 aliphatic heterocycles. The maximum absolute atomic E-state index is 11.6. The minimum atomic E-state index is -1.02. The number of rotatable bonds is 5. The topological polar surface area (TPSA) is 100 Å². The van der Waals surface area contributed by atoms with Crippen molar-refractivity contribution in [1.29, 1.82) is 0 Å². The van der Waals surface area contributed by atoms with E-state index in [9.17, 15) is 9.90 Å². The van der Waals surface area contributed by atoms with Crippen molar-refractivity contribution in [3.63, 3.8) is 0 Å². The van der Waals surface area contributed by atoms with Crippen LogP contribution in [0, 0.1) is 0 Å². The molecule has 5 rings (SSSR count). The summed E-state index contributed by atoms with van der Waals surface area (Å²) in [5, 5.41) is 12.7. The summed E-state index contributed by atoms with van der Waals surface area (Å²) in [4.78, 5) is 27.5. The van der Waals surface area contributed by atoms with Crippen LogP contribution in [-0.4, -0.2) is 52.3 Å². The number of nitrogens with zero attached hydrogens (tertiary/aromatic N) is 4. The second-order valence-electron chi connectivity index (χ2n) is 7.40. The number of anilines is 3. The summed E-state index contributed by atoms with van der Waals surface area (Å²) in [7, 11) is 0. The van der Waals surface area contributed by atoms with E-state index in [0.29, 0.717) is 22.5 Å². The minimum absolute atomic E-state index is 0.159. The summed E-state index contributed by atoms with van der Waals surface area (Å²) in [5.74, 6) is -0.560. The molecule has 0 bridgehead atoms. The van der Waals surface area contributed by atoms with Gasteiger partial charge in [0.05, 0.1) is 35.7 Å². The number of carboxylic acids is 1. The number of morpholine rings is 1. The van der Waals surface area contributed by atoms with E-state index in [1.54, 1.807) is 36.7 Å². The second kappa shape index (κ2) is 8.60. The summed E-state index contributed by atoms with van der Waals surface area (Å²) < 4.78 is 5.43. The first-order valence-electron chi connectivity index (χ1n) is 10.3. The minimum Gasteiger partial charge on any atom is -0.478 e. The van der Waals surface area contributed by atoms with Gasteiger partial charge in [0, 0.05) is 36.7 Å². The summed E-state index contributed by atoms with van der Waals surface area (Å²) in [5.41, 5.74) is 4.65.